The van der Waals surface area contributed by atoms with Crippen LogP contribution in [0.4, 0.5) is 0 Å². The van der Waals surface area contributed by atoms with Gasteiger partial charge in [-0.1, -0.05) is 91.0 Å². The zero-order valence-corrected chi connectivity index (χ0v) is 22.7. The topological polar surface area (TPSA) is 0 Å². The van der Waals surface area contributed by atoms with Crippen LogP contribution in [0.3, 0.4) is 0 Å². The van der Waals surface area contributed by atoms with Crippen LogP contribution in [0.25, 0.3) is 0 Å². The lowest BCUT2D eigenvalue weighted by atomic mass is 10.4. The predicted molar refractivity (Wildman–Crippen MR) is 145 cm³/mol. The highest BCUT2D eigenvalue weighted by atomic mass is 127. The van der Waals surface area contributed by atoms with E-state index in [1.54, 1.807) is 0 Å². The van der Waals surface area contributed by atoms with Crippen LogP contribution in [-0.2, 0) is 10.9 Å². The summed E-state index contributed by atoms with van der Waals surface area (Å²) in [6, 6.07) is 53.6. The van der Waals surface area contributed by atoms with Gasteiger partial charge in [0.25, 0.3) is 0 Å². The molecule has 0 atom stereocenters. The molecule has 34 heavy (non-hydrogen) atoms. The van der Waals surface area contributed by atoms with Crippen LogP contribution in [0.2, 0.25) is 0 Å². The molecule has 0 aliphatic carbocycles. The van der Waals surface area contributed by atoms with E-state index in [9.17, 15) is 0 Å². The van der Waals surface area contributed by atoms with E-state index >= 15 is 0 Å². The van der Waals surface area contributed by atoms with Crippen molar-refractivity contribution in [3.8, 4) is 0 Å². The minimum absolute atomic E-state index is 0. The molecule has 0 fully saturated rings. The first-order valence-corrected chi connectivity index (χ1v) is 13.9. The Morgan fingerprint density at radius 2 is 0.559 bits per heavy atom. The molecule has 0 unspecified atom stereocenters. The molecule has 5 rings (SSSR count). The highest BCUT2D eigenvalue weighted by Crippen LogP contribution is 2.30. The molecular weight excluding hydrogens is 543 g/mol. The summed E-state index contributed by atoms with van der Waals surface area (Å²) in [4.78, 5) is 4.08. The summed E-state index contributed by atoms with van der Waals surface area (Å²) >= 11 is 0.0287. The third-order valence-electron chi connectivity index (χ3n) is 4.62. The van der Waals surface area contributed by atoms with Crippen molar-refractivity contribution in [3.05, 3.63) is 174 Å². The van der Waals surface area contributed by atoms with E-state index in [2.05, 4.69) is 152 Å². The van der Waals surface area contributed by atoms with Crippen molar-refractivity contribution in [1.82, 2.24) is 0 Å². The molecule has 0 N–H and O–H groups in total. The van der Waals surface area contributed by atoms with Crippen molar-refractivity contribution in [2.45, 2.75) is 14.7 Å². The Labute approximate surface area is 219 Å². The van der Waals surface area contributed by atoms with Gasteiger partial charge >= 0.3 is 21.2 Å². The zero-order valence-electron chi connectivity index (χ0n) is 19.7. The Hall–Kier alpha value is -2.82. The van der Waals surface area contributed by atoms with Gasteiger partial charge in [0.2, 0.25) is 0 Å². The zero-order chi connectivity index (χ0) is 21.8. The Morgan fingerprint density at radius 1 is 0.324 bits per heavy atom. The van der Waals surface area contributed by atoms with Crippen LogP contribution in [0.15, 0.2) is 166 Å². The van der Waals surface area contributed by atoms with Gasteiger partial charge in [0, 0.05) is 0 Å². The lowest BCUT2D eigenvalue weighted by molar-refractivity contribution is -0.597. The van der Waals surface area contributed by atoms with Gasteiger partial charge in [-0.2, -0.15) is 0 Å². The maximum atomic E-state index is 2.21. The van der Waals surface area contributed by atoms with Gasteiger partial charge in [0.1, 0.15) is 0 Å². The van der Waals surface area contributed by atoms with Gasteiger partial charge in [-0.15, -0.1) is 0 Å². The van der Waals surface area contributed by atoms with Crippen molar-refractivity contribution in [3.63, 3.8) is 0 Å². The molecule has 5 aromatic rings. The quantitative estimate of drug-likeness (QED) is 0.148. The van der Waals surface area contributed by atoms with E-state index in [0.29, 0.717) is 0 Å². The summed E-state index contributed by atoms with van der Waals surface area (Å²) < 4.78 is 2.96. The Morgan fingerprint density at radius 3 is 0.824 bits per heavy atom. The Balaban J connectivity index is 0.000000241. The van der Waals surface area contributed by atoms with E-state index in [4.69, 9.17) is 0 Å². The average Bonchev–Trinajstić information content (AvgIpc) is 2.88. The lowest BCUT2D eigenvalue weighted by Crippen LogP contribution is -3.61. The molecule has 0 saturated carbocycles. The molecule has 0 aliphatic heterocycles. The van der Waals surface area contributed by atoms with Gasteiger partial charge in [-0.05, 0) is 60.7 Å². The van der Waals surface area contributed by atoms with Crippen LogP contribution >= 0.6 is 0 Å². The number of hydrogen-bond donors (Lipinski definition) is 0. The molecule has 2 heteroatoms. The maximum Gasteiger partial charge on any atom is 0.357 e. The Bertz CT molecular complexity index is 1030. The average molecular weight is 575 g/mol. The SMILES string of the molecule is [CH3-].[CH3-].c1ccc([I+]c2ccccc2)cc1.c1ccc([S+](c2ccccc2)c2ccccc2)cc1. The van der Waals surface area contributed by atoms with Crippen molar-refractivity contribution in [2.75, 3.05) is 0 Å². The van der Waals surface area contributed by atoms with Crippen LogP contribution in [0, 0.1) is 22.0 Å². The van der Waals surface area contributed by atoms with Crippen LogP contribution in [0.1, 0.15) is 0 Å². The molecule has 0 aliphatic rings. The second kappa shape index (κ2) is 15.2. The first kappa shape index (κ1) is 27.4. The molecular formula is C32H31IS. The smallest absolute Gasteiger partial charge is 0.357 e. The summed E-state index contributed by atoms with van der Waals surface area (Å²) in [7, 11) is -0.0146. The second-order valence-corrected chi connectivity index (χ2v) is 12.0. The highest BCUT2D eigenvalue weighted by molar-refractivity contribution is 7.97. The lowest BCUT2D eigenvalue weighted by Gasteiger charge is -2.07. The molecule has 172 valence electrons. The third-order valence-corrected chi connectivity index (χ3v) is 9.54. The molecule has 0 heterocycles. The van der Waals surface area contributed by atoms with Crippen molar-refractivity contribution in [2.24, 2.45) is 0 Å². The van der Waals surface area contributed by atoms with E-state index in [1.807, 2.05) is 0 Å². The summed E-state index contributed by atoms with van der Waals surface area (Å²) in [6.45, 7) is 0. The standard InChI is InChI=1S/C18H15S.C12H10I.2CH3/c1-4-10-16(11-5-1)19(17-12-6-2-7-13-17)18-14-8-3-9-15-18;1-3-7-11(8-4-1)13-12-9-5-2-6-10-12;;/h1-15H;1-10H;2*1H3/q2*+1;2*-1. The minimum atomic E-state index is -0.0146. The summed E-state index contributed by atoms with van der Waals surface area (Å²) in [5.74, 6) is 0. The minimum Gasteiger partial charge on any atom is -0.358 e. The summed E-state index contributed by atoms with van der Waals surface area (Å²) in [5, 5.41) is 0. The number of halogens is 1. The van der Waals surface area contributed by atoms with Crippen molar-refractivity contribution in [1.29, 1.82) is 0 Å². The predicted octanol–water partition coefficient (Wildman–Crippen LogP) is 5.50. The van der Waals surface area contributed by atoms with Crippen molar-refractivity contribution >= 4 is 10.9 Å². The fourth-order valence-electron chi connectivity index (χ4n) is 3.16. The molecule has 0 amide bonds. The summed E-state index contributed by atoms with van der Waals surface area (Å²) in [6.07, 6.45) is 0. The second-order valence-electron chi connectivity index (χ2n) is 6.93. The normalized spacial score (nSPS) is 9.68. The van der Waals surface area contributed by atoms with E-state index < -0.39 is 0 Å². The molecule has 5 aromatic carbocycles. The fourth-order valence-corrected chi connectivity index (χ4v) is 7.53. The molecule has 0 aromatic heterocycles. The first-order valence-electron chi connectivity index (χ1n) is 10.5. The van der Waals surface area contributed by atoms with Crippen LogP contribution in [-0.4, -0.2) is 0 Å². The molecule has 0 bridgehead atoms. The summed E-state index contributed by atoms with van der Waals surface area (Å²) in [5.41, 5.74) is 0. The molecule has 0 saturated heterocycles. The molecule has 0 spiro atoms. The van der Waals surface area contributed by atoms with Gasteiger partial charge < -0.3 is 14.9 Å². The van der Waals surface area contributed by atoms with Crippen molar-refractivity contribution < 1.29 is 21.2 Å². The number of benzene rings is 5. The van der Waals surface area contributed by atoms with Crippen LogP contribution in [0.5, 0.6) is 0 Å². The van der Waals surface area contributed by atoms with Gasteiger partial charge in [0.05, 0.1) is 10.9 Å². The highest BCUT2D eigenvalue weighted by Gasteiger charge is 2.27. The van der Waals surface area contributed by atoms with E-state index in [1.165, 1.54) is 21.8 Å². The Kier molecular flexibility index (Phi) is 12.2. The third kappa shape index (κ3) is 8.19. The number of hydrogen-bond acceptors (Lipinski definition) is 0. The number of rotatable bonds is 5. The monoisotopic (exact) mass is 574 g/mol. The van der Waals surface area contributed by atoms with E-state index in [0.717, 1.165) is 0 Å². The van der Waals surface area contributed by atoms with Gasteiger partial charge in [-0.3, -0.25) is 0 Å². The maximum absolute atomic E-state index is 2.21. The molecule has 0 radical (unpaired) electrons. The van der Waals surface area contributed by atoms with Gasteiger partial charge in [0.15, 0.2) is 21.8 Å². The largest absolute Gasteiger partial charge is 0.358 e. The first-order chi connectivity index (χ1) is 15.9. The van der Waals surface area contributed by atoms with Gasteiger partial charge in [-0.25, -0.2) is 0 Å². The molecule has 0 nitrogen and oxygen atoms in total. The van der Waals surface area contributed by atoms with E-state index in [-0.39, 0.29) is 47.0 Å². The van der Waals surface area contributed by atoms with Crippen LogP contribution < -0.4 is 21.2 Å². The fraction of sp³-hybridized carbons (Fsp3) is 0.